The normalized spacial score (nSPS) is 20.6. The lowest BCUT2D eigenvalue weighted by atomic mass is 9.91. The van der Waals surface area contributed by atoms with E-state index in [1.54, 1.807) is 32.0 Å². The van der Waals surface area contributed by atoms with Crippen molar-refractivity contribution in [2.75, 3.05) is 24.2 Å². The molecule has 0 aromatic heterocycles. The molecule has 6 nitrogen and oxygen atoms in total. The zero-order valence-corrected chi connectivity index (χ0v) is 17.6. The number of amides is 2. The van der Waals surface area contributed by atoms with Crippen LogP contribution in [0.4, 0.5) is 5.69 Å². The van der Waals surface area contributed by atoms with Crippen molar-refractivity contribution in [1.29, 1.82) is 0 Å². The molecule has 7 heteroatoms. The molecule has 2 amide bonds. The maximum atomic E-state index is 12.9. The second-order valence-corrected chi connectivity index (χ2v) is 10.6. The Hall–Kier alpha value is -1.89. The molecule has 1 fully saturated rings. The molecule has 0 bridgehead atoms. The number of anilines is 1. The minimum atomic E-state index is -3.47. The Labute approximate surface area is 162 Å². The minimum absolute atomic E-state index is 0.0568. The smallest absolute Gasteiger partial charge is 0.253 e. The second-order valence-electron chi connectivity index (χ2n) is 8.09. The topological polar surface area (TPSA) is 83.6 Å². The Morgan fingerprint density at radius 1 is 1.19 bits per heavy atom. The summed E-state index contributed by atoms with van der Waals surface area (Å²) in [5, 5.41) is 2.04. The number of piperidine rings is 1. The summed E-state index contributed by atoms with van der Waals surface area (Å²) in [4.78, 5) is 26.9. The van der Waals surface area contributed by atoms with Crippen LogP contribution in [0, 0.1) is 18.8 Å². The molecule has 0 saturated carbocycles. The largest absolute Gasteiger partial charge is 0.338 e. The summed E-state index contributed by atoms with van der Waals surface area (Å²) in [5.74, 6) is -0.286. The summed E-state index contributed by atoms with van der Waals surface area (Å²) in [5.41, 5.74) is 1.76. The number of likely N-dealkylation sites (tertiary alicyclic amines) is 1. The van der Waals surface area contributed by atoms with Crippen molar-refractivity contribution in [3.8, 4) is 0 Å². The molecule has 27 heavy (non-hydrogen) atoms. The molecule has 0 radical (unpaired) electrons. The van der Waals surface area contributed by atoms with Crippen molar-refractivity contribution in [3.63, 3.8) is 0 Å². The Morgan fingerprint density at radius 3 is 2.33 bits per heavy atom. The second kappa shape index (κ2) is 8.42. The first-order chi connectivity index (χ1) is 12.5. The van der Waals surface area contributed by atoms with E-state index in [1.807, 2.05) is 11.8 Å². The number of carbonyl (C=O) groups is 2. The van der Waals surface area contributed by atoms with Gasteiger partial charge in [-0.25, -0.2) is 8.42 Å². The summed E-state index contributed by atoms with van der Waals surface area (Å²) in [6, 6.07) is 5.17. The van der Waals surface area contributed by atoms with Gasteiger partial charge in [0.15, 0.2) is 9.84 Å². The van der Waals surface area contributed by atoms with Crippen LogP contribution in [-0.4, -0.2) is 49.2 Å². The number of hydrogen-bond donors (Lipinski definition) is 1. The average Bonchev–Trinajstić information content (AvgIpc) is 2.54. The van der Waals surface area contributed by atoms with Crippen molar-refractivity contribution >= 4 is 27.3 Å². The van der Waals surface area contributed by atoms with Gasteiger partial charge in [0, 0.05) is 24.3 Å². The third-order valence-electron chi connectivity index (χ3n) is 4.97. The fourth-order valence-corrected chi connectivity index (χ4v) is 4.21. The van der Waals surface area contributed by atoms with Crippen molar-refractivity contribution in [2.45, 2.75) is 46.3 Å². The SMILES string of the molecule is Cc1ccc(C(=O)N2CC(C)CC(C)C2)cc1NC(=O)CS(=O)(=O)C(C)C. The first-order valence-electron chi connectivity index (χ1n) is 9.41. The lowest BCUT2D eigenvalue weighted by Gasteiger charge is -2.35. The fraction of sp³-hybridized carbons (Fsp3) is 0.600. The molecule has 1 aromatic carbocycles. The lowest BCUT2D eigenvalue weighted by molar-refractivity contribution is -0.113. The molecular formula is C20H30N2O4S. The van der Waals surface area contributed by atoms with Gasteiger partial charge in [0.2, 0.25) is 5.91 Å². The Morgan fingerprint density at radius 2 is 1.78 bits per heavy atom. The van der Waals surface area contributed by atoms with Crippen LogP contribution in [0.2, 0.25) is 0 Å². The van der Waals surface area contributed by atoms with Crippen LogP contribution in [0.1, 0.15) is 50.0 Å². The first-order valence-corrected chi connectivity index (χ1v) is 11.1. The maximum Gasteiger partial charge on any atom is 0.253 e. The highest BCUT2D eigenvalue weighted by atomic mass is 32.2. The molecule has 1 aliphatic rings. The van der Waals surface area contributed by atoms with Gasteiger partial charge in [0.1, 0.15) is 5.75 Å². The number of sulfone groups is 1. The number of benzene rings is 1. The first kappa shape index (κ1) is 21.4. The highest BCUT2D eigenvalue weighted by Gasteiger charge is 2.27. The van der Waals surface area contributed by atoms with Crippen LogP contribution in [-0.2, 0) is 14.6 Å². The van der Waals surface area contributed by atoms with Gasteiger partial charge < -0.3 is 10.2 Å². The van der Waals surface area contributed by atoms with E-state index in [-0.39, 0.29) is 5.91 Å². The molecule has 0 spiro atoms. The van der Waals surface area contributed by atoms with Crippen molar-refractivity contribution in [3.05, 3.63) is 29.3 Å². The Balaban J connectivity index is 2.16. The van der Waals surface area contributed by atoms with E-state index in [1.165, 1.54) is 0 Å². The Bertz CT molecular complexity index is 807. The maximum absolute atomic E-state index is 12.9. The summed E-state index contributed by atoms with van der Waals surface area (Å²) in [6.07, 6.45) is 1.11. The molecule has 2 rings (SSSR count). The molecular weight excluding hydrogens is 364 g/mol. The van der Waals surface area contributed by atoms with E-state index in [4.69, 9.17) is 0 Å². The van der Waals surface area contributed by atoms with E-state index in [0.29, 0.717) is 23.1 Å². The molecule has 1 N–H and O–H groups in total. The quantitative estimate of drug-likeness (QED) is 0.832. The summed E-state index contributed by atoms with van der Waals surface area (Å²) < 4.78 is 23.9. The highest BCUT2D eigenvalue weighted by molar-refractivity contribution is 7.92. The predicted molar refractivity (Wildman–Crippen MR) is 108 cm³/mol. The summed E-state index contributed by atoms with van der Waals surface area (Å²) in [7, 11) is -3.47. The van der Waals surface area contributed by atoms with Crippen molar-refractivity contribution < 1.29 is 18.0 Å². The van der Waals surface area contributed by atoms with Gasteiger partial charge in [-0.15, -0.1) is 0 Å². The number of carbonyl (C=O) groups excluding carboxylic acids is 2. The summed E-state index contributed by atoms with van der Waals surface area (Å²) >= 11 is 0. The van der Waals surface area contributed by atoms with E-state index < -0.39 is 26.7 Å². The minimum Gasteiger partial charge on any atom is -0.338 e. The van der Waals surface area contributed by atoms with E-state index in [2.05, 4.69) is 19.2 Å². The van der Waals surface area contributed by atoms with Crippen LogP contribution in [0.5, 0.6) is 0 Å². The fourth-order valence-electron chi connectivity index (χ4n) is 3.44. The van der Waals surface area contributed by atoms with Gasteiger partial charge in [-0.3, -0.25) is 9.59 Å². The van der Waals surface area contributed by atoms with Gasteiger partial charge in [-0.2, -0.15) is 0 Å². The third kappa shape index (κ3) is 5.54. The number of nitrogens with one attached hydrogen (secondary N) is 1. The van der Waals surface area contributed by atoms with Crippen LogP contribution < -0.4 is 5.32 Å². The van der Waals surface area contributed by atoms with Crippen LogP contribution >= 0.6 is 0 Å². The number of rotatable bonds is 5. The highest BCUT2D eigenvalue weighted by Crippen LogP contribution is 2.24. The van der Waals surface area contributed by atoms with Crippen LogP contribution in [0.3, 0.4) is 0 Å². The molecule has 0 aliphatic carbocycles. The van der Waals surface area contributed by atoms with Crippen molar-refractivity contribution in [2.24, 2.45) is 11.8 Å². The Kier molecular flexibility index (Phi) is 6.68. The zero-order valence-electron chi connectivity index (χ0n) is 16.8. The lowest BCUT2D eigenvalue weighted by Crippen LogP contribution is -2.42. The van der Waals surface area contributed by atoms with E-state index in [0.717, 1.165) is 25.1 Å². The number of hydrogen-bond acceptors (Lipinski definition) is 4. The van der Waals surface area contributed by atoms with Gasteiger partial charge in [0.25, 0.3) is 5.91 Å². The van der Waals surface area contributed by atoms with E-state index >= 15 is 0 Å². The number of nitrogens with zero attached hydrogens (tertiary/aromatic N) is 1. The molecule has 1 heterocycles. The van der Waals surface area contributed by atoms with Gasteiger partial charge in [-0.05, 0) is 56.7 Å². The molecule has 150 valence electrons. The average molecular weight is 395 g/mol. The van der Waals surface area contributed by atoms with Crippen molar-refractivity contribution in [1.82, 2.24) is 4.90 Å². The molecule has 2 unspecified atom stereocenters. The molecule has 1 saturated heterocycles. The number of aryl methyl sites for hydroxylation is 1. The van der Waals surface area contributed by atoms with Gasteiger partial charge in [-0.1, -0.05) is 19.9 Å². The molecule has 2 atom stereocenters. The van der Waals surface area contributed by atoms with Crippen LogP contribution in [0.25, 0.3) is 0 Å². The van der Waals surface area contributed by atoms with Crippen LogP contribution in [0.15, 0.2) is 18.2 Å². The van der Waals surface area contributed by atoms with Gasteiger partial charge in [0.05, 0.1) is 5.25 Å². The molecule has 1 aliphatic heterocycles. The van der Waals surface area contributed by atoms with Gasteiger partial charge >= 0.3 is 0 Å². The zero-order chi connectivity index (χ0) is 20.4. The molecule has 1 aromatic rings. The standard InChI is InChI=1S/C20H30N2O4S/c1-13(2)27(25,26)12-19(23)21-18-9-17(7-6-16(18)5)20(24)22-10-14(3)8-15(4)11-22/h6-7,9,13-15H,8,10-12H2,1-5H3,(H,21,23). The van der Waals surface area contributed by atoms with E-state index in [9.17, 15) is 18.0 Å². The summed E-state index contributed by atoms with van der Waals surface area (Å²) in [6.45, 7) is 10.7. The monoisotopic (exact) mass is 394 g/mol. The third-order valence-corrected chi connectivity index (χ3v) is 7.07. The predicted octanol–water partition coefficient (Wildman–Crippen LogP) is 2.87.